The minimum absolute atomic E-state index is 0.163. The van der Waals surface area contributed by atoms with Gasteiger partial charge in [-0.2, -0.15) is 0 Å². The molecule has 1 aromatic carbocycles. The van der Waals surface area contributed by atoms with E-state index in [1.54, 1.807) is 18.2 Å². The molecule has 0 saturated carbocycles. The fourth-order valence-corrected chi connectivity index (χ4v) is 1.16. The summed E-state index contributed by atoms with van der Waals surface area (Å²) in [4.78, 5) is 11.5. The lowest BCUT2D eigenvalue weighted by Crippen LogP contribution is -2.08. The monoisotopic (exact) mass is 207 g/mol. The van der Waals surface area contributed by atoms with Crippen LogP contribution >= 0.6 is 0 Å². The van der Waals surface area contributed by atoms with Gasteiger partial charge in [0.05, 0.1) is 12.8 Å². The first-order valence-electron chi connectivity index (χ1n) is 4.41. The van der Waals surface area contributed by atoms with Gasteiger partial charge in [0.15, 0.2) is 5.75 Å². The Morgan fingerprint density at radius 1 is 1.60 bits per heavy atom. The van der Waals surface area contributed by atoms with Crippen LogP contribution < -0.4 is 10.5 Å². The first-order valence-corrected chi connectivity index (χ1v) is 4.41. The van der Waals surface area contributed by atoms with Gasteiger partial charge in [-0.1, -0.05) is 18.7 Å². The summed E-state index contributed by atoms with van der Waals surface area (Å²) < 4.78 is 9.91. The molecule has 0 aromatic heterocycles. The van der Waals surface area contributed by atoms with Gasteiger partial charge in [-0.05, 0) is 12.1 Å². The Morgan fingerprint density at radius 2 is 2.33 bits per heavy atom. The summed E-state index contributed by atoms with van der Waals surface area (Å²) in [5.74, 6) is -0.134. The van der Waals surface area contributed by atoms with Crippen molar-refractivity contribution in [3.8, 4) is 5.75 Å². The third-order valence-electron chi connectivity index (χ3n) is 1.80. The normalized spacial score (nSPS) is 9.40. The second-order valence-electron chi connectivity index (χ2n) is 2.82. The molecule has 2 N–H and O–H groups in total. The van der Waals surface area contributed by atoms with E-state index in [9.17, 15) is 4.79 Å². The van der Waals surface area contributed by atoms with Gasteiger partial charge in [0, 0.05) is 0 Å². The topological polar surface area (TPSA) is 61.5 Å². The highest BCUT2D eigenvalue weighted by Gasteiger charge is 2.14. The molecule has 0 amide bonds. The van der Waals surface area contributed by atoms with Crippen LogP contribution in [0.15, 0.2) is 30.9 Å². The van der Waals surface area contributed by atoms with Crippen molar-refractivity contribution in [1.29, 1.82) is 0 Å². The van der Waals surface area contributed by atoms with Gasteiger partial charge in [-0.3, -0.25) is 0 Å². The summed E-state index contributed by atoms with van der Waals surface area (Å²) in [7, 11) is 1.45. The Kier molecular flexibility index (Phi) is 3.74. The molecule has 0 atom stereocenters. The fourth-order valence-electron chi connectivity index (χ4n) is 1.16. The zero-order valence-corrected chi connectivity index (χ0v) is 8.53. The van der Waals surface area contributed by atoms with Crippen LogP contribution in [-0.4, -0.2) is 19.7 Å². The second-order valence-corrected chi connectivity index (χ2v) is 2.82. The van der Waals surface area contributed by atoms with Crippen LogP contribution in [0.2, 0.25) is 0 Å². The van der Waals surface area contributed by atoms with Gasteiger partial charge in [-0.25, -0.2) is 4.79 Å². The van der Waals surface area contributed by atoms with Crippen LogP contribution in [0, 0.1) is 0 Å². The molecule has 1 rings (SSSR count). The number of hydrogen-bond donors (Lipinski definition) is 1. The van der Waals surface area contributed by atoms with E-state index < -0.39 is 5.97 Å². The predicted molar refractivity (Wildman–Crippen MR) is 57.9 cm³/mol. The van der Waals surface area contributed by atoms with Gasteiger partial charge in [0.2, 0.25) is 0 Å². The van der Waals surface area contributed by atoms with Crippen molar-refractivity contribution >= 4 is 11.7 Å². The van der Waals surface area contributed by atoms with Crippen molar-refractivity contribution < 1.29 is 14.3 Å². The van der Waals surface area contributed by atoms with Crippen LogP contribution in [0.3, 0.4) is 0 Å². The molecular formula is C11H13NO3. The van der Waals surface area contributed by atoms with Gasteiger partial charge in [0.25, 0.3) is 0 Å². The van der Waals surface area contributed by atoms with Crippen molar-refractivity contribution in [2.24, 2.45) is 0 Å². The average Bonchev–Trinajstić information content (AvgIpc) is 2.25. The van der Waals surface area contributed by atoms with Gasteiger partial charge in [0.1, 0.15) is 12.2 Å². The molecule has 15 heavy (non-hydrogen) atoms. The average molecular weight is 207 g/mol. The fraction of sp³-hybridized carbons (Fsp3) is 0.182. The third-order valence-corrected chi connectivity index (χ3v) is 1.80. The highest BCUT2D eigenvalue weighted by molar-refractivity contribution is 5.94. The van der Waals surface area contributed by atoms with E-state index >= 15 is 0 Å². The lowest BCUT2D eigenvalue weighted by molar-refractivity contribution is 0.0546. The molecule has 0 aliphatic rings. The molecule has 0 aliphatic heterocycles. The highest BCUT2D eigenvalue weighted by atomic mass is 16.5. The number of carbonyl (C=O) groups is 1. The molecule has 0 aliphatic carbocycles. The maximum Gasteiger partial charge on any atom is 0.342 e. The van der Waals surface area contributed by atoms with Gasteiger partial charge in [-0.15, -0.1) is 0 Å². The van der Waals surface area contributed by atoms with E-state index in [4.69, 9.17) is 15.2 Å². The summed E-state index contributed by atoms with van der Waals surface area (Å²) in [6, 6.07) is 4.92. The number of benzene rings is 1. The molecule has 0 saturated heterocycles. The molecule has 4 heteroatoms. The van der Waals surface area contributed by atoms with Crippen molar-refractivity contribution in [3.05, 3.63) is 36.4 Å². The second kappa shape index (κ2) is 5.05. The molecule has 0 radical (unpaired) electrons. The van der Waals surface area contributed by atoms with Crippen molar-refractivity contribution in [2.75, 3.05) is 19.5 Å². The highest BCUT2D eigenvalue weighted by Crippen LogP contribution is 2.26. The summed E-state index contributed by atoms with van der Waals surface area (Å²) in [6.45, 7) is 3.62. The largest absolute Gasteiger partial charge is 0.494 e. The lowest BCUT2D eigenvalue weighted by Gasteiger charge is -2.09. The van der Waals surface area contributed by atoms with E-state index in [0.29, 0.717) is 17.0 Å². The van der Waals surface area contributed by atoms with Crippen molar-refractivity contribution in [1.82, 2.24) is 0 Å². The number of methoxy groups -OCH3 is 1. The Labute approximate surface area is 88.3 Å². The van der Waals surface area contributed by atoms with Crippen molar-refractivity contribution in [3.63, 3.8) is 0 Å². The molecule has 0 spiro atoms. The van der Waals surface area contributed by atoms with E-state index in [2.05, 4.69) is 6.58 Å². The summed E-state index contributed by atoms with van der Waals surface area (Å²) in [6.07, 6.45) is 1.50. The van der Waals surface area contributed by atoms with Crippen LogP contribution in [-0.2, 0) is 4.74 Å². The Hall–Kier alpha value is -1.97. The molecule has 0 bridgehead atoms. The molecule has 0 unspecified atom stereocenters. The molecule has 1 aromatic rings. The number of rotatable bonds is 4. The standard InChI is InChI=1S/C11H13NO3/c1-3-7-15-11(13)8-5-4-6-9(12)10(8)14-2/h3-6H,1,7,12H2,2H3. The van der Waals surface area contributed by atoms with Crippen molar-refractivity contribution in [2.45, 2.75) is 0 Å². The number of nitrogen functional groups attached to an aromatic ring is 1. The zero-order valence-electron chi connectivity index (χ0n) is 8.53. The number of esters is 1. The number of hydrogen-bond acceptors (Lipinski definition) is 4. The molecule has 80 valence electrons. The quantitative estimate of drug-likeness (QED) is 0.463. The molecule has 0 heterocycles. The SMILES string of the molecule is C=CCOC(=O)c1cccc(N)c1OC. The van der Waals surface area contributed by atoms with Crippen LogP contribution in [0.25, 0.3) is 0 Å². The minimum Gasteiger partial charge on any atom is -0.494 e. The minimum atomic E-state index is -0.473. The van der Waals surface area contributed by atoms with Crippen LogP contribution in [0.4, 0.5) is 5.69 Å². The van der Waals surface area contributed by atoms with E-state index in [1.165, 1.54) is 13.2 Å². The Bertz CT molecular complexity index is 374. The molecule has 0 fully saturated rings. The van der Waals surface area contributed by atoms with Gasteiger partial charge >= 0.3 is 5.97 Å². The summed E-state index contributed by atoms with van der Waals surface area (Å²) >= 11 is 0. The maximum absolute atomic E-state index is 11.5. The molecular weight excluding hydrogens is 194 g/mol. The first kappa shape index (κ1) is 11.1. The summed E-state index contributed by atoms with van der Waals surface area (Å²) in [5, 5.41) is 0. The summed E-state index contributed by atoms with van der Waals surface area (Å²) in [5.41, 5.74) is 6.37. The Balaban J connectivity index is 2.97. The number of anilines is 1. The predicted octanol–water partition coefficient (Wildman–Crippen LogP) is 1.62. The smallest absolute Gasteiger partial charge is 0.342 e. The zero-order chi connectivity index (χ0) is 11.3. The van der Waals surface area contributed by atoms with Crippen LogP contribution in [0.5, 0.6) is 5.75 Å². The maximum atomic E-state index is 11.5. The lowest BCUT2D eigenvalue weighted by atomic mass is 10.2. The number of nitrogens with two attached hydrogens (primary N) is 1. The third kappa shape index (κ3) is 2.49. The van der Waals surface area contributed by atoms with E-state index in [-0.39, 0.29) is 6.61 Å². The number of para-hydroxylation sites is 1. The Morgan fingerprint density at radius 3 is 2.93 bits per heavy atom. The van der Waals surface area contributed by atoms with E-state index in [0.717, 1.165) is 0 Å². The number of ether oxygens (including phenoxy) is 2. The first-order chi connectivity index (χ1) is 7.20. The molecule has 4 nitrogen and oxygen atoms in total. The van der Waals surface area contributed by atoms with Crippen LogP contribution in [0.1, 0.15) is 10.4 Å². The van der Waals surface area contributed by atoms with E-state index in [1.807, 2.05) is 0 Å². The van der Waals surface area contributed by atoms with Gasteiger partial charge < -0.3 is 15.2 Å². The number of carbonyl (C=O) groups excluding carboxylic acids is 1.